The Hall–Kier alpha value is -2.75. The average molecular weight is 503 g/mol. The van der Waals surface area contributed by atoms with Crippen molar-refractivity contribution in [2.24, 2.45) is 5.92 Å². The smallest absolute Gasteiger partial charge is 0.396 e. The fourth-order valence-corrected chi connectivity index (χ4v) is 4.16. The molecule has 2 heterocycles. The van der Waals surface area contributed by atoms with Crippen LogP contribution in [0.5, 0.6) is 5.75 Å². The Morgan fingerprint density at radius 3 is 2.59 bits per heavy atom. The number of rotatable bonds is 8. The lowest BCUT2D eigenvalue weighted by atomic mass is 9.92. The average Bonchev–Trinajstić information content (AvgIpc) is 3.17. The number of piperidine rings is 1. The van der Waals surface area contributed by atoms with Crippen LogP contribution in [0.3, 0.4) is 0 Å². The topological polar surface area (TPSA) is 108 Å². The summed E-state index contributed by atoms with van der Waals surface area (Å²) in [6, 6.07) is 2.90. The van der Waals surface area contributed by atoms with Gasteiger partial charge in [-0.2, -0.15) is 18.2 Å². The molecule has 34 heavy (non-hydrogen) atoms. The van der Waals surface area contributed by atoms with Gasteiger partial charge in [-0.15, -0.1) is 9.24 Å². The number of nitrogens with zero attached hydrogens (tertiary/aromatic N) is 3. The summed E-state index contributed by atoms with van der Waals surface area (Å²) >= 11 is 0. The molecule has 8 nitrogen and oxygen atoms in total. The molecule has 1 aliphatic heterocycles. The zero-order valence-electron chi connectivity index (χ0n) is 18.5. The first-order valence-electron chi connectivity index (χ1n) is 10.7. The third-order valence-electron chi connectivity index (χ3n) is 5.30. The lowest BCUT2D eigenvalue weighted by Crippen LogP contribution is -2.34. The van der Waals surface area contributed by atoms with Gasteiger partial charge in [0.2, 0.25) is 5.90 Å². The molecule has 1 unspecified atom stereocenters. The number of hydrogen-bond acceptors (Lipinski definition) is 8. The van der Waals surface area contributed by atoms with Gasteiger partial charge in [-0.05, 0) is 43.0 Å². The highest BCUT2D eigenvalue weighted by Crippen LogP contribution is 2.27. The Bertz CT molecular complexity index is 999. The van der Waals surface area contributed by atoms with Crippen LogP contribution in [-0.2, 0) is 11.2 Å². The molecule has 1 saturated heterocycles. The van der Waals surface area contributed by atoms with Gasteiger partial charge in [0.05, 0.1) is 12.2 Å². The summed E-state index contributed by atoms with van der Waals surface area (Å²) in [4.78, 5) is 5.64. The van der Waals surface area contributed by atoms with Gasteiger partial charge in [-0.1, -0.05) is 5.16 Å². The van der Waals surface area contributed by atoms with Gasteiger partial charge in [0.1, 0.15) is 18.0 Å². The Morgan fingerprint density at radius 1 is 1.26 bits per heavy atom. The van der Waals surface area contributed by atoms with Crippen LogP contribution in [0.1, 0.15) is 44.0 Å². The van der Waals surface area contributed by atoms with E-state index in [1.54, 1.807) is 11.0 Å². The molecule has 0 saturated carbocycles. The fraction of sp³-hybridized carbons (Fsp3) is 0.524. The highest BCUT2D eigenvalue weighted by Gasteiger charge is 2.31. The second-order valence-corrected chi connectivity index (χ2v) is 8.68. The van der Waals surface area contributed by atoms with Crippen molar-refractivity contribution < 1.29 is 31.6 Å². The minimum atomic E-state index is -4.38. The van der Waals surface area contributed by atoms with Crippen molar-refractivity contribution in [3.8, 4) is 5.75 Å². The van der Waals surface area contributed by atoms with Gasteiger partial charge in [-0.25, -0.2) is 4.39 Å². The summed E-state index contributed by atoms with van der Waals surface area (Å²) in [7, 11) is 2.34. The zero-order valence-corrected chi connectivity index (χ0v) is 19.7. The van der Waals surface area contributed by atoms with Crippen LogP contribution >= 0.6 is 9.24 Å². The Kier molecular flexibility index (Phi) is 8.46. The molecule has 2 N–H and O–H groups in total. The lowest BCUT2D eigenvalue weighted by molar-refractivity contribution is -0.128. The van der Waals surface area contributed by atoms with Gasteiger partial charge in [-0.3, -0.25) is 10.8 Å². The minimum Gasteiger partial charge on any atom is -0.493 e. The molecule has 186 valence electrons. The van der Waals surface area contributed by atoms with Crippen LogP contribution in [0, 0.1) is 22.6 Å². The van der Waals surface area contributed by atoms with Crippen molar-refractivity contribution in [3.05, 3.63) is 29.3 Å². The van der Waals surface area contributed by atoms with Gasteiger partial charge >= 0.3 is 12.2 Å². The maximum absolute atomic E-state index is 14.4. The van der Waals surface area contributed by atoms with E-state index < -0.39 is 24.3 Å². The Labute approximate surface area is 196 Å². The Morgan fingerprint density at radius 2 is 1.97 bits per heavy atom. The van der Waals surface area contributed by atoms with E-state index in [-0.39, 0.29) is 23.3 Å². The maximum atomic E-state index is 14.4. The predicted molar refractivity (Wildman–Crippen MR) is 121 cm³/mol. The number of benzene rings is 1. The lowest BCUT2D eigenvalue weighted by Gasteiger charge is -2.30. The van der Waals surface area contributed by atoms with Crippen molar-refractivity contribution in [2.45, 2.75) is 45.2 Å². The first-order chi connectivity index (χ1) is 16.0. The highest BCUT2D eigenvalue weighted by molar-refractivity contribution is 7.27. The molecule has 0 radical (unpaired) electrons. The molecule has 1 aromatic carbocycles. The van der Waals surface area contributed by atoms with Crippen LogP contribution in [0.2, 0.25) is 0 Å². The van der Waals surface area contributed by atoms with E-state index in [0.717, 1.165) is 25.7 Å². The first-order valence-corrected chi connectivity index (χ1v) is 11.3. The molecular formula is C21H26F4N5O3P. The van der Waals surface area contributed by atoms with E-state index in [2.05, 4.69) is 19.4 Å². The Balaban J connectivity index is 1.41. The standard InChI is InChI=1S/C21H26F4N5O3P/c1-12(26)32-19(27)18-15(22)9-14(10-16(18)34)31-8-2-3-13-4-6-30(7-5-13)20-28-17(29-33-20)11-21(23,24)25/h9-10,13,26-27H,2-8,11,34H2,1H3. The first kappa shape index (κ1) is 25.9. The molecule has 3 rings (SSSR count). The maximum Gasteiger partial charge on any atom is 0.396 e. The number of hydrogen-bond donors (Lipinski definition) is 2. The molecule has 1 aromatic heterocycles. The zero-order chi connectivity index (χ0) is 24.9. The summed E-state index contributed by atoms with van der Waals surface area (Å²) in [6.45, 7) is 2.98. The summed E-state index contributed by atoms with van der Waals surface area (Å²) in [5.74, 6) is -0.912. The van der Waals surface area contributed by atoms with E-state index in [4.69, 9.17) is 24.8 Å². The molecule has 13 heteroatoms. The largest absolute Gasteiger partial charge is 0.493 e. The van der Waals surface area contributed by atoms with Crippen molar-refractivity contribution in [3.63, 3.8) is 0 Å². The molecule has 0 spiro atoms. The molecule has 0 aliphatic carbocycles. The van der Waals surface area contributed by atoms with Crippen LogP contribution in [0.25, 0.3) is 0 Å². The van der Waals surface area contributed by atoms with E-state index in [1.807, 2.05) is 0 Å². The normalized spacial score (nSPS) is 14.8. The van der Waals surface area contributed by atoms with E-state index in [9.17, 15) is 17.6 Å². The van der Waals surface area contributed by atoms with E-state index in [0.29, 0.717) is 36.7 Å². The third-order valence-corrected chi connectivity index (χ3v) is 5.76. The highest BCUT2D eigenvalue weighted by atomic mass is 31.0. The molecule has 0 bridgehead atoms. The molecule has 1 aliphatic rings. The van der Waals surface area contributed by atoms with Gasteiger partial charge < -0.3 is 18.9 Å². The van der Waals surface area contributed by atoms with Crippen molar-refractivity contribution in [1.29, 1.82) is 10.8 Å². The van der Waals surface area contributed by atoms with E-state index >= 15 is 0 Å². The monoisotopic (exact) mass is 503 g/mol. The number of alkyl halides is 3. The van der Waals surface area contributed by atoms with Crippen LogP contribution in [0.4, 0.5) is 23.6 Å². The molecule has 1 fully saturated rings. The molecule has 0 amide bonds. The second kappa shape index (κ2) is 11.1. The number of halogens is 4. The SMILES string of the molecule is CC(=N)OC(=N)c1c(F)cc(OCCCC2CCN(c3nc(CC(F)(F)F)no3)CC2)cc1P. The number of ether oxygens (including phenoxy) is 2. The fourth-order valence-electron chi connectivity index (χ4n) is 3.73. The summed E-state index contributed by atoms with van der Waals surface area (Å²) < 4.78 is 67.3. The van der Waals surface area contributed by atoms with Crippen LogP contribution < -0.4 is 14.9 Å². The number of aromatic nitrogens is 2. The van der Waals surface area contributed by atoms with Gasteiger partial charge in [0, 0.05) is 26.1 Å². The predicted octanol–water partition coefficient (Wildman–Crippen LogP) is 4.23. The van der Waals surface area contributed by atoms with Crippen molar-refractivity contribution in [2.75, 3.05) is 24.6 Å². The molecule has 2 aromatic rings. The van der Waals surface area contributed by atoms with Gasteiger partial charge in [0.15, 0.2) is 11.7 Å². The minimum absolute atomic E-state index is 0.0394. The van der Waals surface area contributed by atoms with E-state index in [1.165, 1.54) is 13.0 Å². The number of anilines is 1. The quantitative estimate of drug-likeness (QED) is 0.184. The summed E-state index contributed by atoms with van der Waals surface area (Å²) in [5, 5.41) is 18.9. The summed E-state index contributed by atoms with van der Waals surface area (Å²) in [5.41, 5.74) is -0.0394. The van der Waals surface area contributed by atoms with Gasteiger partial charge in [0.25, 0.3) is 0 Å². The summed E-state index contributed by atoms with van der Waals surface area (Å²) in [6.07, 6.45) is -2.27. The molecule has 1 atom stereocenters. The number of nitrogens with one attached hydrogen (secondary N) is 2. The van der Waals surface area contributed by atoms with Crippen LogP contribution in [-0.4, -0.2) is 47.8 Å². The molecular weight excluding hydrogens is 477 g/mol. The van der Waals surface area contributed by atoms with Crippen molar-refractivity contribution in [1.82, 2.24) is 10.1 Å². The van der Waals surface area contributed by atoms with Crippen molar-refractivity contribution >= 4 is 32.4 Å². The third kappa shape index (κ3) is 7.38. The second-order valence-electron chi connectivity index (χ2n) is 8.06. The van der Waals surface area contributed by atoms with Crippen LogP contribution in [0.15, 0.2) is 16.7 Å².